The quantitative estimate of drug-likeness (QED) is 0.234. The molecule has 0 fully saturated rings. The molecule has 0 aliphatic rings. The van der Waals surface area contributed by atoms with E-state index in [1.54, 1.807) is 0 Å². The number of amidine groups is 1. The smallest absolute Gasteiger partial charge is 0.287 e. The summed E-state index contributed by atoms with van der Waals surface area (Å²) < 4.78 is 5.54. The van der Waals surface area contributed by atoms with Crippen molar-refractivity contribution in [3.8, 4) is 0 Å². The van der Waals surface area contributed by atoms with Crippen LogP contribution < -0.4 is 11.5 Å². The first kappa shape index (κ1) is 16.1. The second-order valence-corrected chi connectivity index (χ2v) is 5.86. The Morgan fingerprint density at radius 2 is 1.50 bits per heavy atom. The number of anilines is 1. The molecule has 0 spiro atoms. The molecule has 0 bridgehead atoms. The van der Waals surface area contributed by atoms with Crippen LogP contribution in [0.4, 0.5) is 11.4 Å². The maximum atomic E-state index is 6.39. The lowest BCUT2D eigenvalue weighted by atomic mass is 9.98. The molecule has 0 heterocycles. The van der Waals surface area contributed by atoms with E-state index in [4.69, 9.17) is 16.2 Å². The van der Waals surface area contributed by atoms with Crippen LogP contribution in [-0.4, -0.2) is 12.6 Å². The van der Waals surface area contributed by atoms with Gasteiger partial charge in [0.1, 0.15) is 5.69 Å². The van der Waals surface area contributed by atoms with E-state index in [9.17, 15) is 0 Å². The fourth-order valence-electron chi connectivity index (χ4n) is 2.94. The van der Waals surface area contributed by atoms with Crippen molar-refractivity contribution >= 4 is 38.9 Å². The highest BCUT2D eigenvalue weighted by Gasteiger charge is 2.12. The number of rotatable bonds is 5. The Morgan fingerprint density at radius 3 is 2.17 bits per heavy atom. The third-order valence-corrected chi connectivity index (χ3v) is 4.16. The maximum absolute atomic E-state index is 6.39. The summed E-state index contributed by atoms with van der Waals surface area (Å²) in [6.07, 6.45) is 3.23. The van der Waals surface area contributed by atoms with E-state index in [0.29, 0.717) is 18.0 Å². The lowest BCUT2D eigenvalue weighted by Crippen LogP contribution is -2.16. The summed E-state index contributed by atoms with van der Waals surface area (Å²) in [7, 11) is 0. The number of aliphatic imine (C=N–C) groups is 1. The van der Waals surface area contributed by atoms with Crippen molar-refractivity contribution in [3.05, 3.63) is 48.5 Å². The number of nitrogen functional groups attached to an aromatic ring is 1. The van der Waals surface area contributed by atoms with Gasteiger partial charge in [-0.15, -0.1) is 0 Å². The predicted molar refractivity (Wildman–Crippen MR) is 103 cm³/mol. The number of benzene rings is 3. The van der Waals surface area contributed by atoms with E-state index >= 15 is 0 Å². The topological polar surface area (TPSA) is 73.6 Å². The normalized spacial score (nSPS) is 12.0. The fraction of sp³-hybridized carbons (Fsp3) is 0.250. The second-order valence-electron chi connectivity index (χ2n) is 5.86. The van der Waals surface area contributed by atoms with E-state index in [2.05, 4.69) is 24.0 Å². The van der Waals surface area contributed by atoms with Crippen LogP contribution in [0.3, 0.4) is 0 Å². The number of nitrogens with two attached hydrogens (primary N) is 2. The van der Waals surface area contributed by atoms with E-state index in [0.717, 1.165) is 40.8 Å². The Hall–Kier alpha value is -2.75. The summed E-state index contributed by atoms with van der Waals surface area (Å²) in [5, 5.41) is 4.19. The SMILES string of the molecule is CCCCCOC(N)=Nc1c(N)c2ccccc2c2ccccc12. The van der Waals surface area contributed by atoms with Crippen LogP contribution in [0.5, 0.6) is 0 Å². The Labute approximate surface area is 142 Å². The molecule has 0 atom stereocenters. The van der Waals surface area contributed by atoms with Gasteiger partial charge in [-0.05, 0) is 17.2 Å². The lowest BCUT2D eigenvalue weighted by Gasteiger charge is -2.12. The molecule has 0 radical (unpaired) electrons. The maximum Gasteiger partial charge on any atom is 0.287 e. The standard InChI is InChI=1S/C20H23N3O/c1-2-3-8-13-24-20(22)23-19-17-12-7-5-10-15(17)14-9-4-6-11-16(14)18(19)21/h4-7,9-12H,2-3,8,13,21H2,1H3,(H2,22,23). The number of unbranched alkanes of at least 4 members (excludes halogenated alkanes) is 2. The highest BCUT2D eigenvalue weighted by atomic mass is 16.5. The largest absolute Gasteiger partial charge is 0.465 e. The average molecular weight is 321 g/mol. The van der Waals surface area contributed by atoms with Crippen molar-refractivity contribution in [2.45, 2.75) is 26.2 Å². The highest BCUT2D eigenvalue weighted by molar-refractivity contribution is 6.19. The van der Waals surface area contributed by atoms with Crippen molar-refractivity contribution in [2.24, 2.45) is 10.7 Å². The highest BCUT2D eigenvalue weighted by Crippen LogP contribution is 2.39. The van der Waals surface area contributed by atoms with Gasteiger partial charge in [-0.2, -0.15) is 4.99 Å². The molecule has 0 aromatic heterocycles. The van der Waals surface area contributed by atoms with Gasteiger partial charge in [-0.3, -0.25) is 0 Å². The van der Waals surface area contributed by atoms with Gasteiger partial charge in [0, 0.05) is 10.8 Å². The molecule has 24 heavy (non-hydrogen) atoms. The minimum atomic E-state index is 0.165. The van der Waals surface area contributed by atoms with Crippen molar-refractivity contribution in [1.82, 2.24) is 0 Å². The molecule has 0 saturated carbocycles. The Bertz CT molecular complexity index is 887. The van der Waals surface area contributed by atoms with Crippen molar-refractivity contribution < 1.29 is 4.74 Å². The number of hydrogen-bond acceptors (Lipinski definition) is 3. The molecule has 3 rings (SSSR count). The van der Waals surface area contributed by atoms with Crippen LogP contribution in [0.1, 0.15) is 26.2 Å². The van der Waals surface area contributed by atoms with Gasteiger partial charge >= 0.3 is 0 Å². The van der Waals surface area contributed by atoms with Crippen LogP contribution in [0.2, 0.25) is 0 Å². The molecule has 4 nitrogen and oxygen atoms in total. The van der Waals surface area contributed by atoms with Gasteiger partial charge in [0.15, 0.2) is 0 Å². The summed E-state index contributed by atoms with van der Waals surface area (Å²) in [6, 6.07) is 16.3. The molecule has 4 heteroatoms. The lowest BCUT2D eigenvalue weighted by molar-refractivity contribution is 0.289. The summed E-state index contributed by atoms with van der Waals surface area (Å²) in [6.45, 7) is 2.73. The van der Waals surface area contributed by atoms with Crippen LogP contribution >= 0.6 is 0 Å². The molecular weight excluding hydrogens is 298 g/mol. The number of hydrogen-bond donors (Lipinski definition) is 2. The molecule has 0 aliphatic heterocycles. The summed E-state index contributed by atoms with van der Waals surface area (Å²) in [4.78, 5) is 4.48. The number of fused-ring (bicyclic) bond motifs is 3. The molecule has 124 valence electrons. The zero-order valence-corrected chi connectivity index (χ0v) is 14.0. The van der Waals surface area contributed by atoms with Gasteiger partial charge in [0.2, 0.25) is 0 Å². The van der Waals surface area contributed by atoms with Crippen LogP contribution in [0.25, 0.3) is 21.5 Å². The summed E-state index contributed by atoms with van der Waals surface area (Å²) in [5.74, 6) is 0. The predicted octanol–water partition coefficient (Wildman–Crippen LogP) is 4.73. The molecular formula is C20H23N3O. The van der Waals surface area contributed by atoms with Crippen molar-refractivity contribution in [2.75, 3.05) is 12.3 Å². The summed E-state index contributed by atoms with van der Waals surface area (Å²) >= 11 is 0. The number of ether oxygens (including phenoxy) is 1. The Morgan fingerprint density at radius 1 is 0.917 bits per heavy atom. The van der Waals surface area contributed by atoms with Gasteiger partial charge < -0.3 is 16.2 Å². The van der Waals surface area contributed by atoms with Crippen molar-refractivity contribution in [1.29, 1.82) is 0 Å². The molecule has 0 amide bonds. The minimum absolute atomic E-state index is 0.165. The minimum Gasteiger partial charge on any atom is -0.465 e. The Balaban J connectivity index is 2.07. The average Bonchev–Trinajstić information content (AvgIpc) is 2.62. The van der Waals surface area contributed by atoms with Crippen LogP contribution in [0, 0.1) is 0 Å². The molecule has 0 aliphatic carbocycles. The first-order valence-electron chi connectivity index (χ1n) is 8.38. The van der Waals surface area contributed by atoms with E-state index < -0.39 is 0 Å². The van der Waals surface area contributed by atoms with E-state index in [1.807, 2.05) is 36.4 Å². The zero-order valence-electron chi connectivity index (χ0n) is 14.0. The van der Waals surface area contributed by atoms with Gasteiger partial charge in [-0.1, -0.05) is 68.3 Å². The fourth-order valence-corrected chi connectivity index (χ4v) is 2.94. The third kappa shape index (κ3) is 3.13. The monoisotopic (exact) mass is 321 g/mol. The third-order valence-electron chi connectivity index (χ3n) is 4.16. The molecule has 3 aromatic rings. The van der Waals surface area contributed by atoms with Crippen molar-refractivity contribution in [3.63, 3.8) is 0 Å². The summed E-state index contributed by atoms with van der Waals surface area (Å²) in [5.41, 5.74) is 13.7. The Kier molecular flexibility index (Phi) is 4.85. The molecule has 3 aromatic carbocycles. The molecule has 4 N–H and O–H groups in total. The molecule has 0 unspecified atom stereocenters. The first-order valence-corrected chi connectivity index (χ1v) is 8.38. The van der Waals surface area contributed by atoms with Gasteiger partial charge in [-0.25, -0.2) is 0 Å². The van der Waals surface area contributed by atoms with E-state index in [-0.39, 0.29) is 6.02 Å². The van der Waals surface area contributed by atoms with E-state index in [1.165, 1.54) is 0 Å². The van der Waals surface area contributed by atoms with Crippen LogP contribution in [-0.2, 0) is 4.74 Å². The number of nitrogens with zero attached hydrogens (tertiary/aromatic N) is 1. The van der Waals surface area contributed by atoms with Gasteiger partial charge in [0.05, 0.1) is 12.3 Å². The second kappa shape index (κ2) is 7.21. The van der Waals surface area contributed by atoms with Crippen LogP contribution in [0.15, 0.2) is 53.5 Å². The van der Waals surface area contributed by atoms with Gasteiger partial charge in [0.25, 0.3) is 6.02 Å². The first-order chi connectivity index (χ1) is 11.7. The zero-order chi connectivity index (χ0) is 16.9. The molecule has 0 saturated heterocycles.